The van der Waals surface area contributed by atoms with Crippen LogP contribution in [0.15, 0.2) is 73.1 Å². The highest BCUT2D eigenvalue weighted by molar-refractivity contribution is 6.36. The lowest BCUT2D eigenvalue weighted by molar-refractivity contribution is -0.118. The van der Waals surface area contributed by atoms with Gasteiger partial charge in [0.2, 0.25) is 5.91 Å². The Kier molecular flexibility index (Phi) is 7.10. The van der Waals surface area contributed by atoms with E-state index in [-0.39, 0.29) is 5.82 Å². The quantitative estimate of drug-likeness (QED) is 0.323. The smallest absolute Gasteiger partial charge is 0.231 e. The third-order valence-electron chi connectivity index (χ3n) is 5.41. The molecule has 0 aliphatic heterocycles. The van der Waals surface area contributed by atoms with E-state index in [1.165, 1.54) is 12.1 Å². The van der Waals surface area contributed by atoms with E-state index in [2.05, 4.69) is 10.3 Å². The van der Waals surface area contributed by atoms with E-state index in [0.29, 0.717) is 39.1 Å². The first-order valence-corrected chi connectivity index (χ1v) is 11.2. The molecule has 1 unspecified atom stereocenters. The first kappa shape index (κ1) is 23.7. The van der Waals surface area contributed by atoms with Gasteiger partial charge in [0.15, 0.2) is 0 Å². The second kappa shape index (κ2) is 10.2. The van der Waals surface area contributed by atoms with Crippen LogP contribution in [0.2, 0.25) is 10.0 Å². The van der Waals surface area contributed by atoms with Crippen LogP contribution < -0.4 is 11.1 Å². The van der Waals surface area contributed by atoms with Gasteiger partial charge in [0, 0.05) is 45.8 Å². The average molecular weight is 495 g/mol. The van der Waals surface area contributed by atoms with Gasteiger partial charge in [-0.25, -0.2) is 4.39 Å². The molecule has 5 nitrogen and oxygen atoms in total. The van der Waals surface area contributed by atoms with Crippen molar-refractivity contribution >= 4 is 34.8 Å². The number of amides is 1. The number of halogens is 3. The van der Waals surface area contributed by atoms with E-state index in [1.807, 2.05) is 18.2 Å². The maximum atomic E-state index is 13.7. The predicted molar refractivity (Wildman–Crippen MR) is 133 cm³/mol. The number of primary amides is 1. The zero-order chi connectivity index (χ0) is 24.2. The molecule has 8 heteroatoms. The van der Waals surface area contributed by atoms with Gasteiger partial charge in [0.25, 0.3) is 0 Å². The SMILES string of the molecule is Cc1cc(F)ccc1-c1cc(CNc2ccncc2)cc(C(C(N)=O)c2c(Cl)cccc2Cl)n1. The number of pyridine rings is 2. The van der Waals surface area contributed by atoms with Crippen molar-refractivity contribution in [3.05, 3.63) is 111 Å². The monoisotopic (exact) mass is 494 g/mol. The van der Waals surface area contributed by atoms with Crippen LogP contribution in [0.5, 0.6) is 0 Å². The molecule has 4 rings (SSSR count). The summed E-state index contributed by atoms with van der Waals surface area (Å²) in [6.45, 7) is 2.24. The first-order valence-electron chi connectivity index (χ1n) is 10.5. The minimum atomic E-state index is -0.971. The number of aromatic nitrogens is 2. The fourth-order valence-electron chi connectivity index (χ4n) is 3.81. The summed E-state index contributed by atoms with van der Waals surface area (Å²) in [6, 6.07) is 16.9. The summed E-state index contributed by atoms with van der Waals surface area (Å²) in [5.41, 5.74) is 10.4. The molecule has 1 amide bonds. The van der Waals surface area contributed by atoms with Gasteiger partial charge >= 0.3 is 0 Å². The van der Waals surface area contributed by atoms with Crippen molar-refractivity contribution in [3.8, 4) is 11.3 Å². The minimum absolute atomic E-state index is 0.318. The number of hydrogen-bond donors (Lipinski definition) is 2. The van der Waals surface area contributed by atoms with Gasteiger partial charge in [0.1, 0.15) is 11.7 Å². The highest BCUT2D eigenvalue weighted by Gasteiger charge is 2.27. The van der Waals surface area contributed by atoms with Crippen LogP contribution in [0.3, 0.4) is 0 Å². The molecule has 0 aliphatic rings. The van der Waals surface area contributed by atoms with Crippen LogP contribution in [0.25, 0.3) is 11.3 Å². The summed E-state index contributed by atoms with van der Waals surface area (Å²) in [5, 5.41) is 3.96. The van der Waals surface area contributed by atoms with Crippen molar-refractivity contribution in [2.75, 3.05) is 5.32 Å². The standard InChI is InChI=1S/C26H21Cl2FN4O/c1-15-11-17(29)5-6-19(15)22-12-16(14-32-18-7-9-31-10-8-18)13-23(33-22)25(26(30)34)24-20(27)3-2-4-21(24)28/h2-13,25H,14H2,1H3,(H2,30,34)(H,31,32). The molecule has 3 N–H and O–H groups in total. The number of carbonyl (C=O) groups is 1. The Balaban J connectivity index is 1.85. The Hall–Kier alpha value is -3.48. The zero-order valence-corrected chi connectivity index (χ0v) is 19.7. The van der Waals surface area contributed by atoms with E-state index in [4.69, 9.17) is 33.9 Å². The molecular weight excluding hydrogens is 474 g/mol. The lowest BCUT2D eigenvalue weighted by Gasteiger charge is -2.19. The Bertz CT molecular complexity index is 1330. The lowest BCUT2D eigenvalue weighted by atomic mass is 9.92. The fraction of sp³-hybridized carbons (Fsp3) is 0.115. The molecule has 1 atom stereocenters. The zero-order valence-electron chi connectivity index (χ0n) is 18.2. The number of nitrogens with one attached hydrogen (secondary N) is 1. The molecule has 4 aromatic rings. The summed E-state index contributed by atoms with van der Waals surface area (Å²) < 4.78 is 13.7. The number of anilines is 1. The summed E-state index contributed by atoms with van der Waals surface area (Å²) in [7, 11) is 0. The second-order valence-corrected chi connectivity index (χ2v) is 8.62. The predicted octanol–water partition coefficient (Wildman–Crippen LogP) is 6.13. The van der Waals surface area contributed by atoms with E-state index in [0.717, 1.165) is 16.8 Å². The van der Waals surface area contributed by atoms with Crippen molar-refractivity contribution in [1.29, 1.82) is 0 Å². The van der Waals surface area contributed by atoms with Gasteiger partial charge in [-0.05, 0) is 72.6 Å². The lowest BCUT2D eigenvalue weighted by Crippen LogP contribution is -2.24. The van der Waals surface area contributed by atoms with Crippen molar-refractivity contribution in [2.45, 2.75) is 19.4 Å². The topological polar surface area (TPSA) is 80.9 Å². The number of aryl methyl sites for hydroxylation is 1. The number of nitrogens with zero attached hydrogens (tertiary/aromatic N) is 2. The Morgan fingerprint density at radius 3 is 2.41 bits per heavy atom. The van der Waals surface area contributed by atoms with Crippen LogP contribution in [-0.2, 0) is 11.3 Å². The molecular formula is C26H21Cl2FN4O. The fourth-order valence-corrected chi connectivity index (χ4v) is 4.43. The van der Waals surface area contributed by atoms with Crippen molar-refractivity contribution in [2.24, 2.45) is 5.73 Å². The summed E-state index contributed by atoms with van der Waals surface area (Å²) >= 11 is 12.8. The molecule has 2 aromatic heterocycles. The van der Waals surface area contributed by atoms with Crippen LogP contribution in [0.1, 0.15) is 28.3 Å². The molecule has 34 heavy (non-hydrogen) atoms. The molecule has 0 radical (unpaired) electrons. The Morgan fingerprint density at radius 2 is 1.76 bits per heavy atom. The molecule has 0 spiro atoms. The normalized spacial score (nSPS) is 11.8. The maximum Gasteiger partial charge on any atom is 0.231 e. The van der Waals surface area contributed by atoms with Gasteiger partial charge in [-0.3, -0.25) is 14.8 Å². The minimum Gasteiger partial charge on any atom is -0.381 e. The first-order chi connectivity index (χ1) is 16.3. The van der Waals surface area contributed by atoms with Crippen LogP contribution >= 0.6 is 23.2 Å². The highest BCUT2D eigenvalue weighted by Crippen LogP contribution is 2.36. The van der Waals surface area contributed by atoms with Crippen molar-refractivity contribution < 1.29 is 9.18 Å². The summed E-state index contributed by atoms with van der Waals surface area (Å²) in [4.78, 5) is 21.4. The largest absolute Gasteiger partial charge is 0.381 e. The number of rotatable bonds is 7. The van der Waals surface area contributed by atoms with Gasteiger partial charge in [-0.15, -0.1) is 0 Å². The van der Waals surface area contributed by atoms with Crippen molar-refractivity contribution in [3.63, 3.8) is 0 Å². The molecule has 2 heterocycles. The van der Waals surface area contributed by atoms with Crippen LogP contribution in [0, 0.1) is 12.7 Å². The molecule has 0 saturated heterocycles. The second-order valence-electron chi connectivity index (χ2n) is 7.80. The summed E-state index contributed by atoms with van der Waals surface area (Å²) in [5.74, 6) is -1.94. The summed E-state index contributed by atoms with van der Waals surface area (Å²) in [6.07, 6.45) is 3.38. The molecule has 0 fully saturated rings. The number of hydrogen-bond acceptors (Lipinski definition) is 4. The van der Waals surface area contributed by atoms with Crippen LogP contribution in [-0.4, -0.2) is 15.9 Å². The third-order valence-corrected chi connectivity index (χ3v) is 6.07. The molecule has 0 bridgehead atoms. The third kappa shape index (κ3) is 5.19. The van der Waals surface area contributed by atoms with Gasteiger partial charge in [0.05, 0.1) is 11.4 Å². The maximum absolute atomic E-state index is 13.7. The Labute approximate surface area is 206 Å². The van der Waals surface area contributed by atoms with E-state index in [1.54, 1.807) is 49.6 Å². The highest BCUT2D eigenvalue weighted by atomic mass is 35.5. The van der Waals surface area contributed by atoms with Gasteiger partial charge in [-0.1, -0.05) is 29.3 Å². The van der Waals surface area contributed by atoms with E-state index >= 15 is 0 Å². The van der Waals surface area contributed by atoms with Crippen LogP contribution in [0.4, 0.5) is 10.1 Å². The van der Waals surface area contributed by atoms with E-state index < -0.39 is 11.8 Å². The van der Waals surface area contributed by atoms with Gasteiger partial charge < -0.3 is 11.1 Å². The molecule has 172 valence electrons. The van der Waals surface area contributed by atoms with Gasteiger partial charge in [-0.2, -0.15) is 0 Å². The molecule has 0 aliphatic carbocycles. The van der Waals surface area contributed by atoms with Crippen molar-refractivity contribution in [1.82, 2.24) is 9.97 Å². The number of carbonyl (C=O) groups excluding carboxylic acids is 1. The number of nitrogens with two attached hydrogens (primary N) is 1. The number of benzene rings is 2. The molecule has 2 aromatic carbocycles. The molecule has 0 saturated carbocycles. The Morgan fingerprint density at radius 1 is 1.06 bits per heavy atom. The average Bonchev–Trinajstić information content (AvgIpc) is 2.80. The van der Waals surface area contributed by atoms with E-state index in [9.17, 15) is 9.18 Å².